The zero-order valence-corrected chi connectivity index (χ0v) is 12.7. The molecule has 0 radical (unpaired) electrons. The summed E-state index contributed by atoms with van der Waals surface area (Å²) in [6.07, 6.45) is 1.32. The monoisotopic (exact) mass is 329 g/mol. The maximum absolute atomic E-state index is 11.3. The largest absolute Gasteiger partial charge is 0.478 e. The first-order valence-electron chi connectivity index (χ1n) is 6.55. The Kier molecular flexibility index (Phi) is 3.67. The van der Waals surface area contributed by atoms with Gasteiger partial charge < -0.3 is 15.5 Å². The summed E-state index contributed by atoms with van der Waals surface area (Å²) in [5, 5.41) is 22.0. The quantitative estimate of drug-likeness (QED) is 0.674. The van der Waals surface area contributed by atoms with Crippen LogP contribution >= 0.6 is 11.3 Å². The highest BCUT2D eigenvalue weighted by Crippen LogP contribution is 2.34. The Bertz CT molecular complexity index is 936. The number of para-hydroxylation sites is 1. The van der Waals surface area contributed by atoms with Gasteiger partial charge in [-0.05, 0) is 24.6 Å². The Morgan fingerprint density at radius 3 is 2.57 bits per heavy atom. The Morgan fingerprint density at radius 2 is 1.87 bits per heavy atom. The molecule has 0 spiro atoms. The lowest BCUT2D eigenvalue weighted by molar-refractivity contribution is 0.0688. The molecule has 0 fully saturated rings. The summed E-state index contributed by atoms with van der Waals surface area (Å²) >= 11 is 1.06. The third kappa shape index (κ3) is 2.59. The van der Waals surface area contributed by atoms with Crippen molar-refractivity contribution in [3.05, 3.63) is 46.6 Å². The summed E-state index contributed by atoms with van der Waals surface area (Å²) in [5.41, 5.74) is 1.03. The molecule has 0 saturated heterocycles. The molecule has 116 valence electrons. The van der Waals surface area contributed by atoms with Gasteiger partial charge in [-0.15, -0.1) is 11.3 Å². The van der Waals surface area contributed by atoms with E-state index < -0.39 is 11.9 Å². The van der Waals surface area contributed by atoms with Crippen LogP contribution in [-0.2, 0) is 0 Å². The van der Waals surface area contributed by atoms with E-state index in [2.05, 4.69) is 15.3 Å². The van der Waals surface area contributed by atoms with E-state index in [9.17, 15) is 19.8 Å². The van der Waals surface area contributed by atoms with E-state index in [-0.39, 0.29) is 10.4 Å². The van der Waals surface area contributed by atoms with Crippen molar-refractivity contribution in [3.8, 4) is 0 Å². The van der Waals surface area contributed by atoms with E-state index in [1.165, 1.54) is 12.4 Å². The molecule has 0 saturated carbocycles. The average molecular weight is 329 g/mol. The molecule has 23 heavy (non-hydrogen) atoms. The predicted molar refractivity (Wildman–Crippen MR) is 85.8 cm³/mol. The highest BCUT2D eigenvalue weighted by Gasteiger charge is 2.19. The number of carbonyl (C=O) groups is 2. The smallest absolute Gasteiger partial charge is 0.346 e. The Balaban J connectivity index is 2.15. The van der Waals surface area contributed by atoms with Crippen molar-refractivity contribution in [2.45, 2.75) is 6.92 Å². The Morgan fingerprint density at radius 1 is 1.13 bits per heavy atom. The number of thiophene rings is 1. The van der Waals surface area contributed by atoms with Gasteiger partial charge in [0.1, 0.15) is 21.9 Å². The number of hydrogen-bond donors (Lipinski definition) is 3. The molecule has 8 heteroatoms. The second-order valence-corrected chi connectivity index (χ2v) is 5.74. The van der Waals surface area contributed by atoms with E-state index in [4.69, 9.17) is 0 Å². The van der Waals surface area contributed by atoms with Gasteiger partial charge in [-0.25, -0.2) is 19.6 Å². The SMILES string of the molecule is Cc1c(C(=O)O)sc2ncnc(Nc3ccccc3C(=O)O)c12. The first-order chi connectivity index (χ1) is 11.0. The van der Waals surface area contributed by atoms with Gasteiger partial charge in [-0.1, -0.05) is 12.1 Å². The van der Waals surface area contributed by atoms with Gasteiger partial charge in [0.05, 0.1) is 16.6 Å². The van der Waals surface area contributed by atoms with Crippen molar-refractivity contribution in [3.63, 3.8) is 0 Å². The van der Waals surface area contributed by atoms with E-state index >= 15 is 0 Å². The lowest BCUT2D eigenvalue weighted by Gasteiger charge is -2.09. The van der Waals surface area contributed by atoms with Gasteiger partial charge in [0, 0.05) is 0 Å². The number of nitrogens with zero attached hydrogens (tertiary/aromatic N) is 2. The molecule has 2 aromatic heterocycles. The molecule has 0 atom stereocenters. The normalized spacial score (nSPS) is 10.7. The van der Waals surface area contributed by atoms with E-state index in [1.54, 1.807) is 25.1 Å². The molecule has 0 aliphatic rings. The fraction of sp³-hybridized carbons (Fsp3) is 0.0667. The van der Waals surface area contributed by atoms with Crippen LogP contribution in [0, 0.1) is 6.92 Å². The summed E-state index contributed by atoms with van der Waals surface area (Å²) in [6.45, 7) is 1.68. The van der Waals surface area contributed by atoms with Crippen molar-refractivity contribution in [2.24, 2.45) is 0 Å². The van der Waals surface area contributed by atoms with Crippen LogP contribution in [-0.4, -0.2) is 32.1 Å². The van der Waals surface area contributed by atoms with Crippen molar-refractivity contribution in [1.29, 1.82) is 0 Å². The number of carboxylic acids is 2. The number of aromatic nitrogens is 2. The van der Waals surface area contributed by atoms with Gasteiger partial charge in [0.25, 0.3) is 0 Å². The molecule has 7 nitrogen and oxygen atoms in total. The average Bonchev–Trinajstić information content (AvgIpc) is 2.86. The Labute approximate surface area is 134 Å². The molecule has 3 rings (SSSR count). The fourth-order valence-corrected chi connectivity index (χ4v) is 3.26. The van der Waals surface area contributed by atoms with Gasteiger partial charge in [-0.3, -0.25) is 0 Å². The first kappa shape index (κ1) is 14.9. The maximum atomic E-state index is 11.3. The number of rotatable bonds is 4. The van der Waals surface area contributed by atoms with Crippen molar-refractivity contribution < 1.29 is 19.8 Å². The fourth-order valence-electron chi connectivity index (χ4n) is 2.28. The highest BCUT2D eigenvalue weighted by atomic mass is 32.1. The molecular formula is C15H11N3O4S. The highest BCUT2D eigenvalue weighted by molar-refractivity contribution is 7.20. The van der Waals surface area contributed by atoms with Crippen LogP contribution in [0.15, 0.2) is 30.6 Å². The maximum Gasteiger partial charge on any atom is 0.346 e. The zero-order valence-electron chi connectivity index (χ0n) is 11.9. The number of anilines is 2. The van der Waals surface area contributed by atoms with Crippen LogP contribution < -0.4 is 5.32 Å². The molecule has 2 heterocycles. The van der Waals surface area contributed by atoms with Gasteiger partial charge >= 0.3 is 11.9 Å². The van der Waals surface area contributed by atoms with Crippen LogP contribution in [0.5, 0.6) is 0 Å². The van der Waals surface area contributed by atoms with Gasteiger partial charge in [0.2, 0.25) is 0 Å². The summed E-state index contributed by atoms with van der Waals surface area (Å²) in [5.74, 6) is -1.71. The molecule has 1 aromatic carbocycles. The van der Waals surface area contributed by atoms with Crippen molar-refractivity contribution in [2.75, 3.05) is 5.32 Å². The second kappa shape index (κ2) is 5.65. The minimum Gasteiger partial charge on any atom is -0.478 e. The van der Waals surface area contributed by atoms with Crippen LogP contribution in [0.1, 0.15) is 25.6 Å². The van der Waals surface area contributed by atoms with Crippen LogP contribution in [0.2, 0.25) is 0 Å². The predicted octanol–water partition coefficient (Wildman–Crippen LogP) is 3.14. The number of nitrogens with one attached hydrogen (secondary N) is 1. The van der Waals surface area contributed by atoms with Gasteiger partial charge in [-0.2, -0.15) is 0 Å². The summed E-state index contributed by atoms with van der Waals surface area (Å²) < 4.78 is 0. The van der Waals surface area contributed by atoms with Gasteiger partial charge in [0.15, 0.2) is 0 Å². The molecule has 0 unspecified atom stereocenters. The Hall–Kier alpha value is -3.00. The summed E-state index contributed by atoms with van der Waals surface area (Å²) in [6, 6.07) is 6.43. The topological polar surface area (TPSA) is 112 Å². The number of fused-ring (bicyclic) bond motifs is 1. The lowest BCUT2D eigenvalue weighted by atomic mass is 10.1. The summed E-state index contributed by atoms with van der Waals surface area (Å²) in [7, 11) is 0. The lowest BCUT2D eigenvalue weighted by Crippen LogP contribution is -2.04. The number of aromatic carboxylic acids is 2. The minimum atomic E-state index is -1.06. The molecule has 0 amide bonds. The van der Waals surface area contributed by atoms with Crippen LogP contribution in [0.25, 0.3) is 10.2 Å². The number of carboxylic acid groups (broad SMARTS) is 2. The molecule has 0 aliphatic heterocycles. The van der Waals surface area contributed by atoms with Crippen molar-refractivity contribution >= 4 is 45.0 Å². The molecule has 3 aromatic rings. The number of benzene rings is 1. The molecule has 0 aliphatic carbocycles. The first-order valence-corrected chi connectivity index (χ1v) is 7.37. The summed E-state index contributed by atoms with van der Waals surface area (Å²) in [4.78, 5) is 31.5. The third-order valence-electron chi connectivity index (χ3n) is 3.33. The second-order valence-electron chi connectivity index (χ2n) is 4.74. The van der Waals surface area contributed by atoms with E-state index in [1.807, 2.05) is 0 Å². The zero-order chi connectivity index (χ0) is 16.6. The number of aryl methyl sites for hydroxylation is 1. The van der Waals surface area contributed by atoms with Crippen LogP contribution in [0.3, 0.4) is 0 Å². The van der Waals surface area contributed by atoms with E-state index in [0.717, 1.165) is 11.3 Å². The third-order valence-corrected chi connectivity index (χ3v) is 4.52. The molecular weight excluding hydrogens is 318 g/mol. The standard InChI is InChI=1S/C15H11N3O4S/c1-7-10-12(16-6-17-13(10)23-11(7)15(21)22)18-9-5-3-2-4-8(9)14(19)20/h2-6H,1H3,(H,19,20)(H,21,22)(H,16,17,18). The molecule has 0 bridgehead atoms. The number of hydrogen-bond acceptors (Lipinski definition) is 6. The minimum absolute atomic E-state index is 0.102. The van der Waals surface area contributed by atoms with Crippen molar-refractivity contribution in [1.82, 2.24) is 9.97 Å². The van der Waals surface area contributed by atoms with E-state index in [0.29, 0.717) is 27.3 Å². The molecule has 3 N–H and O–H groups in total. The van der Waals surface area contributed by atoms with Crippen LogP contribution in [0.4, 0.5) is 11.5 Å².